The van der Waals surface area contributed by atoms with Crippen LogP contribution < -0.4 is 10.5 Å². The summed E-state index contributed by atoms with van der Waals surface area (Å²) in [5.74, 6) is 0.589. The summed E-state index contributed by atoms with van der Waals surface area (Å²) < 4.78 is 7.00. The lowest BCUT2D eigenvalue weighted by Crippen LogP contribution is -2.02. The Morgan fingerprint density at radius 2 is 2.33 bits per heavy atom. The molecule has 0 aliphatic heterocycles. The summed E-state index contributed by atoms with van der Waals surface area (Å²) in [6.07, 6.45) is 3.23. The molecule has 0 amide bonds. The van der Waals surface area contributed by atoms with E-state index in [-0.39, 0.29) is 0 Å². The third kappa shape index (κ3) is 2.10. The van der Waals surface area contributed by atoms with Crippen LogP contribution >= 0.6 is 0 Å². The molecule has 2 rings (SSSR count). The monoisotopic (exact) mass is 205 g/mol. The standard InChI is InChI=1S/C9H11N5O/c1-14-6-12-9(13-14)15-8-3-2-4-11-7(8)5-10/h2-4,6H,5,10H2,1H3. The Morgan fingerprint density at radius 1 is 1.47 bits per heavy atom. The summed E-state index contributed by atoms with van der Waals surface area (Å²) in [6, 6.07) is 3.85. The van der Waals surface area contributed by atoms with E-state index in [2.05, 4.69) is 15.1 Å². The molecule has 2 N–H and O–H groups in total. The predicted molar refractivity (Wildman–Crippen MR) is 53.2 cm³/mol. The molecule has 15 heavy (non-hydrogen) atoms. The fraction of sp³-hybridized carbons (Fsp3) is 0.222. The van der Waals surface area contributed by atoms with Crippen molar-refractivity contribution in [3.8, 4) is 11.8 Å². The maximum Gasteiger partial charge on any atom is 0.341 e. The number of hydrogen-bond acceptors (Lipinski definition) is 5. The van der Waals surface area contributed by atoms with E-state index in [1.165, 1.54) is 0 Å². The van der Waals surface area contributed by atoms with Crippen molar-refractivity contribution in [1.82, 2.24) is 19.7 Å². The van der Waals surface area contributed by atoms with Gasteiger partial charge in [0.1, 0.15) is 6.33 Å². The SMILES string of the molecule is Cn1cnc(Oc2cccnc2CN)n1. The Hall–Kier alpha value is -1.95. The van der Waals surface area contributed by atoms with Crippen LogP contribution in [0.1, 0.15) is 5.69 Å². The molecule has 0 atom stereocenters. The van der Waals surface area contributed by atoms with E-state index in [0.29, 0.717) is 24.0 Å². The summed E-state index contributed by atoms with van der Waals surface area (Å²) in [5, 5.41) is 4.00. The average molecular weight is 205 g/mol. The molecule has 0 radical (unpaired) electrons. The fourth-order valence-electron chi connectivity index (χ4n) is 1.13. The van der Waals surface area contributed by atoms with Gasteiger partial charge in [0.05, 0.1) is 5.69 Å². The van der Waals surface area contributed by atoms with E-state index >= 15 is 0 Å². The molecule has 6 nitrogen and oxygen atoms in total. The molecule has 0 aliphatic carbocycles. The van der Waals surface area contributed by atoms with Crippen LogP contribution in [0.25, 0.3) is 0 Å². The van der Waals surface area contributed by atoms with Gasteiger partial charge < -0.3 is 10.5 Å². The zero-order valence-electron chi connectivity index (χ0n) is 8.29. The molecule has 2 aromatic heterocycles. The first-order valence-electron chi connectivity index (χ1n) is 4.47. The zero-order valence-corrected chi connectivity index (χ0v) is 8.29. The first-order valence-corrected chi connectivity index (χ1v) is 4.47. The van der Waals surface area contributed by atoms with Crippen LogP contribution in [0.15, 0.2) is 24.7 Å². The fourth-order valence-corrected chi connectivity index (χ4v) is 1.13. The molecule has 78 valence electrons. The van der Waals surface area contributed by atoms with Crippen molar-refractivity contribution in [2.45, 2.75) is 6.54 Å². The summed E-state index contributed by atoms with van der Waals surface area (Å²) in [7, 11) is 1.77. The van der Waals surface area contributed by atoms with E-state index in [0.717, 1.165) is 0 Å². The lowest BCUT2D eigenvalue weighted by molar-refractivity contribution is 0.431. The number of aryl methyl sites for hydroxylation is 1. The highest BCUT2D eigenvalue weighted by Gasteiger charge is 2.06. The molecule has 0 unspecified atom stereocenters. The van der Waals surface area contributed by atoms with Gasteiger partial charge in [-0.15, -0.1) is 5.10 Å². The van der Waals surface area contributed by atoms with Crippen LogP contribution in [0, 0.1) is 0 Å². The van der Waals surface area contributed by atoms with Crippen LogP contribution in [0.3, 0.4) is 0 Å². The molecular weight excluding hydrogens is 194 g/mol. The summed E-state index contributed by atoms with van der Waals surface area (Å²) in [4.78, 5) is 8.04. The number of rotatable bonds is 3. The van der Waals surface area contributed by atoms with Crippen molar-refractivity contribution in [3.63, 3.8) is 0 Å². The first-order chi connectivity index (χ1) is 7.29. The van der Waals surface area contributed by atoms with E-state index < -0.39 is 0 Å². The predicted octanol–water partition coefficient (Wildman–Crippen LogP) is 0.461. The molecule has 2 heterocycles. The highest BCUT2D eigenvalue weighted by molar-refractivity contribution is 5.28. The molecule has 2 aromatic rings. The molecule has 0 fully saturated rings. The minimum atomic E-state index is 0.292. The van der Waals surface area contributed by atoms with Gasteiger partial charge in [0.2, 0.25) is 0 Å². The second-order valence-corrected chi connectivity index (χ2v) is 2.96. The Balaban J connectivity index is 2.23. The molecule has 0 saturated carbocycles. The van der Waals surface area contributed by atoms with Crippen LogP contribution in [-0.4, -0.2) is 19.7 Å². The molecule has 0 aliphatic rings. The minimum absolute atomic E-state index is 0.292. The highest BCUT2D eigenvalue weighted by atomic mass is 16.5. The summed E-state index contributed by atoms with van der Waals surface area (Å²) in [5.41, 5.74) is 6.21. The van der Waals surface area contributed by atoms with Gasteiger partial charge in [-0.1, -0.05) is 0 Å². The van der Waals surface area contributed by atoms with E-state index in [1.54, 1.807) is 36.4 Å². The number of hydrogen-bond donors (Lipinski definition) is 1. The Labute approximate surface area is 86.7 Å². The zero-order chi connectivity index (χ0) is 10.7. The molecular formula is C9H11N5O. The maximum absolute atomic E-state index is 5.52. The van der Waals surface area contributed by atoms with E-state index in [1.807, 2.05) is 0 Å². The largest absolute Gasteiger partial charge is 0.421 e. The van der Waals surface area contributed by atoms with Crippen LogP contribution in [-0.2, 0) is 13.6 Å². The second kappa shape index (κ2) is 4.05. The lowest BCUT2D eigenvalue weighted by Gasteiger charge is -2.04. The highest BCUT2D eigenvalue weighted by Crippen LogP contribution is 2.19. The number of nitrogens with two attached hydrogens (primary N) is 1. The molecule has 0 bridgehead atoms. The van der Waals surface area contributed by atoms with Gasteiger partial charge in [0, 0.05) is 19.8 Å². The van der Waals surface area contributed by atoms with Crippen molar-refractivity contribution in [3.05, 3.63) is 30.4 Å². The van der Waals surface area contributed by atoms with Crippen molar-refractivity contribution in [2.75, 3.05) is 0 Å². The van der Waals surface area contributed by atoms with Crippen LogP contribution in [0.4, 0.5) is 0 Å². The third-order valence-corrected chi connectivity index (χ3v) is 1.82. The maximum atomic E-state index is 5.52. The van der Waals surface area contributed by atoms with Gasteiger partial charge in [-0.3, -0.25) is 9.67 Å². The lowest BCUT2D eigenvalue weighted by atomic mass is 10.3. The second-order valence-electron chi connectivity index (χ2n) is 2.96. The first kappa shape index (κ1) is 9.60. The van der Waals surface area contributed by atoms with Crippen molar-refractivity contribution in [2.24, 2.45) is 12.8 Å². The van der Waals surface area contributed by atoms with Gasteiger partial charge in [-0.25, -0.2) is 0 Å². The normalized spacial score (nSPS) is 10.3. The van der Waals surface area contributed by atoms with Crippen molar-refractivity contribution < 1.29 is 4.74 Å². The number of nitrogens with zero attached hydrogens (tertiary/aromatic N) is 4. The van der Waals surface area contributed by atoms with Gasteiger partial charge >= 0.3 is 6.01 Å². The molecule has 6 heteroatoms. The minimum Gasteiger partial charge on any atom is -0.421 e. The van der Waals surface area contributed by atoms with Gasteiger partial charge in [0.25, 0.3) is 0 Å². The smallest absolute Gasteiger partial charge is 0.341 e. The van der Waals surface area contributed by atoms with Crippen molar-refractivity contribution in [1.29, 1.82) is 0 Å². The quantitative estimate of drug-likeness (QED) is 0.787. The molecule has 0 aromatic carbocycles. The number of pyridine rings is 1. The molecule has 0 spiro atoms. The van der Waals surface area contributed by atoms with Gasteiger partial charge in [0.15, 0.2) is 5.75 Å². The van der Waals surface area contributed by atoms with E-state index in [4.69, 9.17) is 10.5 Å². The van der Waals surface area contributed by atoms with Crippen molar-refractivity contribution >= 4 is 0 Å². The van der Waals surface area contributed by atoms with E-state index in [9.17, 15) is 0 Å². The third-order valence-electron chi connectivity index (χ3n) is 1.82. The van der Waals surface area contributed by atoms with Crippen LogP contribution in [0.2, 0.25) is 0 Å². The average Bonchev–Trinajstić information content (AvgIpc) is 2.65. The Bertz CT molecular complexity index is 453. The number of ether oxygens (including phenoxy) is 1. The summed E-state index contributed by atoms with van der Waals surface area (Å²) in [6.45, 7) is 0.322. The molecule has 0 saturated heterocycles. The topological polar surface area (TPSA) is 78.8 Å². The summed E-state index contributed by atoms with van der Waals surface area (Å²) >= 11 is 0. The Kier molecular flexibility index (Phi) is 2.59. The Morgan fingerprint density at radius 3 is 3.00 bits per heavy atom. The van der Waals surface area contributed by atoms with Gasteiger partial charge in [-0.05, 0) is 12.1 Å². The van der Waals surface area contributed by atoms with Crippen LogP contribution in [0.5, 0.6) is 11.8 Å². The number of aromatic nitrogens is 4. The van der Waals surface area contributed by atoms with Gasteiger partial charge in [-0.2, -0.15) is 4.98 Å².